The Bertz CT molecular complexity index is 739. The zero-order valence-electron chi connectivity index (χ0n) is 10.4. The van der Waals surface area contributed by atoms with Crippen LogP contribution in [0.25, 0.3) is 0 Å². The lowest BCUT2D eigenvalue weighted by atomic mass is 10.2. The van der Waals surface area contributed by atoms with E-state index < -0.39 is 15.9 Å². The predicted molar refractivity (Wildman–Crippen MR) is 76.6 cm³/mol. The highest BCUT2D eigenvalue weighted by Gasteiger charge is 2.15. The molecule has 8 heteroatoms. The van der Waals surface area contributed by atoms with Gasteiger partial charge < -0.3 is 9.73 Å². The number of benzene rings is 1. The van der Waals surface area contributed by atoms with Crippen LogP contribution >= 0.6 is 11.6 Å². The number of para-hydroxylation sites is 2. The van der Waals surface area contributed by atoms with Gasteiger partial charge in [-0.25, -0.2) is 8.42 Å². The number of sulfonamides is 1. The first-order valence-corrected chi connectivity index (χ1v) is 7.75. The molecule has 1 aromatic carbocycles. The third kappa shape index (κ3) is 3.52. The Morgan fingerprint density at radius 3 is 2.40 bits per heavy atom. The molecule has 1 heterocycles. The lowest BCUT2D eigenvalue weighted by Gasteiger charge is -2.11. The SMILES string of the molecule is CS(=O)(=O)Nc1ccccc1NC(=O)c1ccoc1Cl. The van der Waals surface area contributed by atoms with Gasteiger partial charge in [0.25, 0.3) is 5.91 Å². The van der Waals surface area contributed by atoms with Crippen molar-refractivity contribution in [2.75, 3.05) is 16.3 Å². The number of amides is 1. The summed E-state index contributed by atoms with van der Waals surface area (Å²) < 4.78 is 29.7. The summed E-state index contributed by atoms with van der Waals surface area (Å²) in [6, 6.07) is 7.84. The molecule has 0 aliphatic rings. The first-order valence-electron chi connectivity index (χ1n) is 5.48. The minimum Gasteiger partial charge on any atom is -0.452 e. The molecule has 0 radical (unpaired) electrons. The van der Waals surface area contributed by atoms with E-state index in [1.165, 1.54) is 18.4 Å². The number of carbonyl (C=O) groups excluding carboxylic acids is 1. The minimum absolute atomic E-state index is 0.0314. The third-order valence-corrected chi connectivity index (χ3v) is 3.22. The molecule has 2 aromatic rings. The molecule has 1 aromatic heterocycles. The summed E-state index contributed by atoms with van der Waals surface area (Å²) in [5.41, 5.74) is 0.754. The van der Waals surface area contributed by atoms with E-state index in [1.54, 1.807) is 18.2 Å². The van der Waals surface area contributed by atoms with Crippen LogP contribution in [-0.4, -0.2) is 20.6 Å². The van der Waals surface area contributed by atoms with Crippen molar-refractivity contribution in [3.8, 4) is 0 Å². The molecule has 0 aliphatic carbocycles. The number of furan rings is 1. The van der Waals surface area contributed by atoms with Crippen LogP contribution in [0.1, 0.15) is 10.4 Å². The summed E-state index contributed by atoms with van der Waals surface area (Å²) >= 11 is 5.71. The van der Waals surface area contributed by atoms with E-state index in [1.807, 2.05) is 0 Å². The largest absolute Gasteiger partial charge is 0.452 e. The lowest BCUT2D eigenvalue weighted by molar-refractivity contribution is 0.102. The van der Waals surface area contributed by atoms with Crippen LogP contribution < -0.4 is 10.0 Å². The minimum atomic E-state index is -3.44. The highest BCUT2D eigenvalue weighted by Crippen LogP contribution is 2.24. The van der Waals surface area contributed by atoms with E-state index in [9.17, 15) is 13.2 Å². The van der Waals surface area contributed by atoms with Gasteiger partial charge in [0, 0.05) is 0 Å². The van der Waals surface area contributed by atoms with Gasteiger partial charge in [-0.3, -0.25) is 9.52 Å². The molecule has 106 valence electrons. The van der Waals surface area contributed by atoms with Crippen LogP contribution in [0.2, 0.25) is 5.22 Å². The fourth-order valence-electron chi connectivity index (χ4n) is 1.53. The molecule has 0 spiro atoms. The van der Waals surface area contributed by atoms with Crippen molar-refractivity contribution in [1.29, 1.82) is 0 Å². The standard InChI is InChI=1S/C12H11ClN2O4S/c1-20(17,18)15-10-5-3-2-4-9(10)14-12(16)8-6-7-19-11(8)13/h2-7,15H,1H3,(H,14,16). The smallest absolute Gasteiger partial charge is 0.260 e. The summed E-state index contributed by atoms with van der Waals surface area (Å²) in [6.45, 7) is 0. The Kier molecular flexibility index (Phi) is 4.01. The number of halogens is 1. The molecule has 6 nitrogen and oxygen atoms in total. The monoisotopic (exact) mass is 314 g/mol. The topological polar surface area (TPSA) is 88.4 Å². The van der Waals surface area contributed by atoms with Crippen LogP contribution in [0, 0.1) is 0 Å². The molecule has 0 unspecified atom stereocenters. The molecular weight excluding hydrogens is 304 g/mol. The summed E-state index contributed by atoms with van der Waals surface area (Å²) in [5, 5.41) is 2.53. The van der Waals surface area contributed by atoms with Crippen LogP contribution in [0.4, 0.5) is 11.4 Å². The van der Waals surface area contributed by atoms with Crippen LogP contribution in [0.15, 0.2) is 41.0 Å². The number of hydrogen-bond acceptors (Lipinski definition) is 4. The maximum absolute atomic E-state index is 12.0. The average molecular weight is 315 g/mol. The number of anilines is 2. The molecule has 20 heavy (non-hydrogen) atoms. The molecule has 0 fully saturated rings. The second kappa shape index (κ2) is 5.56. The maximum atomic E-state index is 12.0. The van der Waals surface area contributed by atoms with Gasteiger partial charge in [-0.15, -0.1) is 0 Å². The number of hydrogen-bond donors (Lipinski definition) is 2. The molecular formula is C12H11ClN2O4S. The van der Waals surface area contributed by atoms with E-state index in [2.05, 4.69) is 10.0 Å². The van der Waals surface area contributed by atoms with Crippen LogP contribution in [-0.2, 0) is 10.0 Å². The van der Waals surface area contributed by atoms with E-state index in [0.717, 1.165) is 6.26 Å². The fourth-order valence-corrected chi connectivity index (χ4v) is 2.30. The first-order chi connectivity index (χ1) is 9.37. The summed E-state index contributed by atoms with van der Waals surface area (Å²) in [7, 11) is -3.44. The summed E-state index contributed by atoms with van der Waals surface area (Å²) in [5.74, 6) is -0.494. The third-order valence-electron chi connectivity index (χ3n) is 2.33. The van der Waals surface area contributed by atoms with Gasteiger partial charge in [-0.2, -0.15) is 0 Å². The molecule has 0 aliphatic heterocycles. The Labute approximate surface area is 120 Å². The highest BCUT2D eigenvalue weighted by atomic mass is 35.5. The molecule has 0 bridgehead atoms. The highest BCUT2D eigenvalue weighted by molar-refractivity contribution is 7.92. The zero-order chi connectivity index (χ0) is 14.8. The van der Waals surface area contributed by atoms with E-state index in [-0.39, 0.29) is 16.5 Å². The lowest BCUT2D eigenvalue weighted by Crippen LogP contribution is -2.15. The van der Waals surface area contributed by atoms with Crippen molar-refractivity contribution in [2.45, 2.75) is 0 Å². The first kappa shape index (κ1) is 14.4. The van der Waals surface area contributed by atoms with Crippen LogP contribution in [0.5, 0.6) is 0 Å². The van der Waals surface area contributed by atoms with Gasteiger partial charge in [0.1, 0.15) is 0 Å². The van der Waals surface area contributed by atoms with Gasteiger partial charge in [0.15, 0.2) is 0 Å². The van der Waals surface area contributed by atoms with E-state index >= 15 is 0 Å². The van der Waals surface area contributed by atoms with E-state index in [4.69, 9.17) is 16.0 Å². The van der Waals surface area contributed by atoms with Gasteiger partial charge in [-0.05, 0) is 29.8 Å². The fraction of sp³-hybridized carbons (Fsp3) is 0.0833. The second-order valence-electron chi connectivity index (χ2n) is 3.98. The Morgan fingerprint density at radius 1 is 1.20 bits per heavy atom. The van der Waals surface area contributed by atoms with Gasteiger partial charge in [0.2, 0.25) is 15.2 Å². The molecule has 0 saturated carbocycles. The Balaban J connectivity index is 2.26. The van der Waals surface area contributed by atoms with Crippen LogP contribution in [0.3, 0.4) is 0 Å². The molecule has 2 N–H and O–H groups in total. The number of rotatable bonds is 4. The number of carbonyl (C=O) groups is 1. The van der Waals surface area contributed by atoms with Crippen molar-refractivity contribution in [1.82, 2.24) is 0 Å². The second-order valence-corrected chi connectivity index (χ2v) is 6.07. The quantitative estimate of drug-likeness (QED) is 0.907. The van der Waals surface area contributed by atoms with Crippen molar-refractivity contribution in [2.24, 2.45) is 0 Å². The molecule has 1 amide bonds. The molecule has 0 saturated heterocycles. The van der Waals surface area contributed by atoms with E-state index in [0.29, 0.717) is 5.69 Å². The average Bonchev–Trinajstić information content (AvgIpc) is 2.76. The van der Waals surface area contributed by atoms with Gasteiger partial charge in [-0.1, -0.05) is 12.1 Å². The predicted octanol–water partition coefficient (Wildman–Crippen LogP) is 2.56. The zero-order valence-corrected chi connectivity index (χ0v) is 12.0. The Morgan fingerprint density at radius 2 is 1.85 bits per heavy atom. The normalized spacial score (nSPS) is 11.1. The van der Waals surface area contributed by atoms with Crippen molar-refractivity contribution in [3.63, 3.8) is 0 Å². The number of nitrogens with one attached hydrogen (secondary N) is 2. The Hall–Kier alpha value is -1.99. The molecule has 0 atom stereocenters. The van der Waals surface area contributed by atoms with Crippen molar-refractivity contribution >= 4 is 38.9 Å². The maximum Gasteiger partial charge on any atom is 0.260 e. The van der Waals surface area contributed by atoms with Gasteiger partial charge >= 0.3 is 0 Å². The summed E-state index contributed by atoms with van der Waals surface area (Å²) in [4.78, 5) is 12.0. The van der Waals surface area contributed by atoms with Gasteiger partial charge in [0.05, 0.1) is 29.5 Å². The molecule has 2 rings (SSSR count). The van der Waals surface area contributed by atoms with Crippen molar-refractivity contribution < 1.29 is 17.6 Å². The van der Waals surface area contributed by atoms with Crippen molar-refractivity contribution in [3.05, 3.63) is 47.4 Å². The summed E-state index contributed by atoms with van der Waals surface area (Å²) in [6.07, 6.45) is 2.32.